The summed E-state index contributed by atoms with van der Waals surface area (Å²) in [5.41, 5.74) is 5.63. The van der Waals surface area contributed by atoms with Crippen LogP contribution in [0.2, 0.25) is 0 Å². The number of nitrogens with two attached hydrogens (primary N) is 1. The van der Waals surface area contributed by atoms with Gasteiger partial charge in [0, 0.05) is 18.5 Å². The molecule has 19 heavy (non-hydrogen) atoms. The molecule has 1 aromatic heterocycles. The average Bonchev–Trinajstić information content (AvgIpc) is 2.73. The molecule has 0 spiro atoms. The van der Waals surface area contributed by atoms with Gasteiger partial charge >= 0.3 is 0 Å². The van der Waals surface area contributed by atoms with Crippen LogP contribution in [0.4, 0.5) is 0 Å². The van der Waals surface area contributed by atoms with Crippen molar-refractivity contribution in [2.75, 3.05) is 6.54 Å². The summed E-state index contributed by atoms with van der Waals surface area (Å²) in [6.07, 6.45) is 8.43. The highest BCUT2D eigenvalue weighted by atomic mass is 16.1. The van der Waals surface area contributed by atoms with Gasteiger partial charge in [-0.25, -0.2) is 9.67 Å². The first-order valence-corrected chi connectivity index (χ1v) is 7.32. The van der Waals surface area contributed by atoms with Crippen LogP contribution in [0.15, 0.2) is 6.33 Å². The van der Waals surface area contributed by atoms with Crippen molar-refractivity contribution in [2.45, 2.75) is 58.4 Å². The molecular weight excluding hydrogens is 240 g/mol. The monoisotopic (exact) mass is 264 g/mol. The Balaban J connectivity index is 2.12. The first kappa shape index (κ1) is 14.2. The third kappa shape index (κ3) is 3.03. The lowest BCUT2D eigenvalue weighted by atomic mass is 9.75. The molecule has 0 amide bonds. The van der Waals surface area contributed by atoms with Crippen LogP contribution in [0, 0.1) is 5.41 Å². The van der Waals surface area contributed by atoms with Gasteiger partial charge in [-0.3, -0.25) is 4.79 Å². The van der Waals surface area contributed by atoms with E-state index >= 15 is 0 Å². The van der Waals surface area contributed by atoms with E-state index in [4.69, 9.17) is 5.73 Å². The van der Waals surface area contributed by atoms with E-state index in [0.717, 1.165) is 38.1 Å². The molecule has 1 aliphatic rings. The van der Waals surface area contributed by atoms with E-state index in [1.807, 2.05) is 6.92 Å². The number of hydrogen-bond acceptors (Lipinski definition) is 4. The molecule has 0 bridgehead atoms. The van der Waals surface area contributed by atoms with Crippen LogP contribution in [0.5, 0.6) is 0 Å². The van der Waals surface area contributed by atoms with Crippen molar-refractivity contribution in [3.8, 4) is 0 Å². The van der Waals surface area contributed by atoms with Gasteiger partial charge in [0.2, 0.25) is 0 Å². The highest BCUT2D eigenvalue weighted by molar-refractivity contribution is 5.86. The fourth-order valence-corrected chi connectivity index (χ4v) is 3.02. The molecule has 2 N–H and O–H groups in total. The van der Waals surface area contributed by atoms with Crippen LogP contribution < -0.4 is 5.73 Å². The summed E-state index contributed by atoms with van der Waals surface area (Å²) < 4.78 is 1.79. The van der Waals surface area contributed by atoms with Crippen LogP contribution in [-0.2, 0) is 17.8 Å². The third-order valence-electron chi connectivity index (χ3n) is 4.36. The van der Waals surface area contributed by atoms with E-state index < -0.39 is 0 Å². The van der Waals surface area contributed by atoms with Gasteiger partial charge in [-0.2, -0.15) is 5.10 Å². The van der Waals surface area contributed by atoms with E-state index in [0.29, 0.717) is 13.0 Å². The van der Waals surface area contributed by atoms with Gasteiger partial charge in [-0.15, -0.1) is 0 Å². The first-order valence-electron chi connectivity index (χ1n) is 7.32. The molecule has 0 unspecified atom stereocenters. The molecule has 2 rings (SSSR count). The van der Waals surface area contributed by atoms with Gasteiger partial charge in [-0.1, -0.05) is 25.7 Å². The molecule has 1 aliphatic carbocycles. The van der Waals surface area contributed by atoms with Crippen molar-refractivity contribution in [3.63, 3.8) is 0 Å². The lowest BCUT2D eigenvalue weighted by Gasteiger charge is -2.29. The Hall–Kier alpha value is -1.23. The second kappa shape index (κ2) is 6.28. The molecular formula is C14H24N4O. The Morgan fingerprint density at radius 3 is 2.63 bits per heavy atom. The van der Waals surface area contributed by atoms with Gasteiger partial charge in [0.05, 0.1) is 6.42 Å². The average molecular weight is 264 g/mol. The van der Waals surface area contributed by atoms with Crippen molar-refractivity contribution in [1.82, 2.24) is 14.8 Å². The van der Waals surface area contributed by atoms with Gasteiger partial charge < -0.3 is 5.73 Å². The van der Waals surface area contributed by atoms with Gasteiger partial charge in [-0.05, 0) is 19.8 Å². The zero-order valence-electron chi connectivity index (χ0n) is 11.8. The number of carbonyl (C=O) groups excluding carboxylic acids is 1. The predicted molar refractivity (Wildman–Crippen MR) is 73.6 cm³/mol. The molecule has 1 heterocycles. The van der Waals surface area contributed by atoms with Crippen molar-refractivity contribution in [3.05, 3.63) is 12.2 Å². The van der Waals surface area contributed by atoms with E-state index in [9.17, 15) is 4.79 Å². The summed E-state index contributed by atoms with van der Waals surface area (Å²) in [5.74, 6) is 1.02. The van der Waals surface area contributed by atoms with Gasteiger partial charge in [0.15, 0.2) is 0 Å². The minimum absolute atomic E-state index is 0.250. The summed E-state index contributed by atoms with van der Waals surface area (Å²) in [5, 5.41) is 4.12. The second-order valence-electron chi connectivity index (χ2n) is 5.49. The molecule has 0 aromatic carbocycles. The number of nitrogens with zero attached hydrogens (tertiary/aromatic N) is 3. The number of aryl methyl sites for hydroxylation is 1. The quantitative estimate of drug-likeness (QED) is 0.822. The number of rotatable bonds is 5. The molecule has 1 aromatic rings. The molecule has 5 heteroatoms. The lowest BCUT2D eigenvalue weighted by molar-refractivity contribution is -0.128. The van der Waals surface area contributed by atoms with Crippen molar-refractivity contribution in [2.24, 2.45) is 11.1 Å². The van der Waals surface area contributed by atoms with E-state index in [-0.39, 0.29) is 11.2 Å². The molecule has 0 saturated heterocycles. The topological polar surface area (TPSA) is 73.8 Å². The zero-order chi connectivity index (χ0) is 13.7. The molecule has 106 valence electrons. The molecule has 0 atom stereocenters. The Morgan fingerprint density at radius 1 is 1.37 bits per heavy atom. The number of hydrogen-bond donors (Lipinski definition) is 1. The maximum absolute atomic E-state index is 12.7. The van der Waals surface area contributed by atoms with Crippen molar-refractivity contribution in [1.29, 1.82) is 0 Å². The van der Waals surface area contributed by atoms with Crippen LogP contribution in [-0.4, -0.2) is 27.1 Å². The predicted octanol–water partition coefficient (Wildman–Crippen LogP) is 1.71. The highest BCUT2D eigenvalue weighted by Crippen LogP contribution is 2.35. The summed E-state index contributed by atoms with van der Waals surface area (Å²) in [4.78, 5) is 16.9. The Kier molecular flexibility index (Phi) is 4.69. The number of Topliss-reactive ketones (excluding diaryl/α,β-unsaturated/α-hetero) is 1. The summed E-state index contributed by atoms with van der Waals surface area (Å²) in [7, 11) is 0. The number of carbonyl (C=O) groups is 1. The van der Waals surface area contributed by atoms with Crippen LogP contribution in [0.25, 0.3) is 0 Å². The second-order valence-corrected chi connectivity index (χ2v) is 5.49. The van der Waals surface area contributed by atoms with Gasteiger partial charge in [0.25, 0.3) is 0 Å². The standard InChI is InChI=1S/C14H24N4O/c1-2-18-13(16-11-17-18)9-12(19)14(10-15)7-5-3-4-6-8-14/h11H,2-10,15H2,1H3. The molecule has 5 nitrogen and oxygen atoms in total. The van der Waals surface area contributed by atoms with Gasteiger partial charge in [0.1, 0.15) is 17.9 Å². The van der Waals surface area contributed by atoms with E-state index in [1.165, 1.54) is 19.2 Å². The maximum Gasteiger partial charge on any atom is 0.147 e. The Morgan fingerprint density at radius 2 is 2.05 bits per heavy atom. The van der Waals surface area contributed by atoms with Crippen LogP contribution >= 0.6 is 0 Å². The summed E-state index contributed by atoms with van der Waals surface area (Å²) >= 11 is 0. The number of ketones is 1. The van der Waals surface area contributed by atoms with Crippen molar-refractivity contribution >= 4 is 5.78 Å². The molecule has 0 aliphatic heterocycles. The third-order valence-corrected chi connectivity index (χ3v) is 4.36. The minimum atomic E-state index is -0.318. The number of aromatic nitrogens is 3. The highest BCUT2D eigenvalue weighted by Gasteiger charge is 2.37. The Bertz CT molecular complexity index is 419. The SMILES string of the molecule is CCn1ncnc1CC(=O)C1(CN)CCCCCC1. The zero-order valence-corrected chi connectivity index (χ0v) is 11.8. The van der Waals surface area contributed by atoms with E-state index in [2.05, 4.69) is 10.1 Å². The molecule has 1 fully saturated rings. The summed E-state index contributed by atoms with van der Waals surface area (Å²) in [6, 6.07) is 0. The lowest BCUT2D eigenvalue weighted by Crippen LogP contribution is -2.39. The summed E-state index contributed by atoms with van der Waals surface area (Å²) in [6.45, 7) is 3.22. The van der Waals surface area contributed by atoms with Crippen molar-refractivity contribution < 1.29 is 4.79 Å². The van der Waals surface area contributed by atoms with Crippen LogP contribution in [0.1, 0.15) is 51.3 Å². The normalized spacial score (nSPS) is 19.1. The fraction of sp³-hybridized carbons (Fsp3) is 0.786. The largest absolute Gasteiger partial charge is 0.329 e. The first-order chi connectivity index (χ1) is 9.22. The molecule has 1 saturated carbocycles. The minimum Gasteiger partial charge on any atom is -0.329 e. The van der Waals surface area contributed by atoms with E-state index in [1.54, 1.807) is 4.68 Å². The Labute approximate surface area is 114 Å². The fourth-order valence-electron chi connectivity index (χ4n) is 3.02. The van der Waals surface area contributed by atoms with Crippen LogP contribution in [0.3, 0.4) is 0 Å². The smallest absolute Gasteiger partial charge is 0.147 e. The maximum atomic E-state index is 12.7. The molecule has 0 radical (unpaired) electrons.